The van der Waals surface area contributed by atoms with Crippen molar-refractivity contribution >= 4 is 17.9 Å². The van der Waals surface area contributed by atoms with E-state index < -0.39 is 0 Å². The van der Waals surface area contributed by atoms with Gasteiger partial charge in [-0.05, 0) is 0 Å². The highest BCUT2D eigenvalue weighted by atomic mass is 35.5. The lowest BCUT2D eigenvalue weighted by atomic mass is 10.7. The Morgan fingerprint density at radius 3 is 2.33 bits per heavy atom. The Hall–Kier alpha value is -0.500. The zero-order chi connectivity index (χ0) is 4.99. The molecule has 0 aromatic heterocycles. The Labute approximate surface area is 40.0 Å². The summed E-state index contributed by atoms with van der Waals surface area (Å²) in [5, 5.41) is 7.62. The van der Waals surface area contributed by atoms with Gasteiger partial charge in [0.15, 0.2) is 6.29 Å². The standard InChI is InChI=1S/C3H3ClO2/c4-3(1-5)2-6/h1-2,5H/b3-1+. The van der Waals surface area contributed by atoms with Crippen LogP contribution in [0.3, 0.4) is 0 Å². The summed E-state index contributed by atoms with van der Waals surface area (Å²) in [5.41, 5.74) is 0. The Morgan fingerprint density at radius 1 is 1.83 bits per heavy atom. The maximum Gasteiger partial charge on any atom is 0.164 e. The first-order valence-corrected chi connectivity index (χ1v) is 1.64. The second-order valence-corrected chi connectivity index (χ2v) is 1.07. The van der Waals surface area contributed by atoms with Crippen molar-refractivity contribution in [2.45, 2.75) is 0 Å². The topological polar surface area (TPSA) is 37.3 Å². The van der Waals surface area contributed by atoms with Crippen LogP contribution in [0.1, 0.15) is 0 Å². The molecule has 3 heteroatoms. The third-order valence-electron chi connectivity index (χ3n) is 0.236. The second kappa shape index (κ2) is 2.72. The number of carbonyl (C=O) groups excluding carboxylic acids is 1. The second-order valence-electron chi connectivity index (χ2n) is 0.632. The van der Waals surface area contributed by atoms with Crippen LogP contribution in [0.15, 0.2) is 11.3 Å². The average Bonchev–Trinajstić information content (AvgIpc) is 1.65. The van der Waals surface area contributed by atoms with Gasteiger partial charge in [0.2, 0.25) is 0 Å². The smallest absolute Gasteiger partial charge is 0.164 e. The van der Waals surface area contributed by atoms with Crippen molar-refractivity contribution in [3.8, 4) is 0 Å². The lowest BCUT2D eigenvalue weighted by Crippen LogP contribution is -1.67. The van der Waals surface area contributed by atoms with Gasteiger partial charge in [-0.25, -0.2) is 0 Å². The van der Waals surface area contributed by atoms with Gasteiger partial charge in [-0.15, -0.1) is 0 Å². The summed E-state index contributed by atoms with van der Waals surface area (Å²) >= 11 is 4.89. The van der Waals surface area contributed by atoms with Crippen LogP contribution in [0.25, 0.3) is 0 Å². The molecule has 0 atom stereocenters. The van der Waals surface area contributed by atoms with E-state index in [1.807, 2.05) is 0 Å². The molecule has 0 unspecified atom stereocenters. The lowest BCUT2D eigenvalue weighted by Gasteiger charge is -1.69. The number of hydrogen-bond acceptors (Lipinski definition) is 2. The van der Waals surface area contributed by atoms with Crippen molar-refractivity contribution in [1.82, 2.24) is 0 Å². The average molecular weight is 107 g/mol. The van der Waals surface area contributed by atoms with Gasteiger partial charge in [0.05, 0.1) is 0 Å². The zero-order valence-electron chi connectivity index (χ0n) is 2.89. The fraction of sp³-hybridized carbons (Fsp3) is 0. The molecule has 0 aliphatic heterocycles. The minimum Gasteiger partial charge on any atom is -0.514 e. The van der Waals surface area contributed by atoms with Gasteiger partial charge in [0.25, 0.3) is 0 Å². The molecule has 0 fully saturated rings. The first-order chi connectivity index (χ1) is 2.81. The largest absolute Gasteiger partial charge is 0.514 e. The van der Waals surface area contributed by atoms with Crippen molar-refractivity contribution in [3.63, 3.8) is 0 Å². The quantitative estimate of drug-likeness (QED) is 0.305. The van der Waals surface area contributed by atoms with Crippen LogP contribution in [-0.4, -0.2) is 11.4 Å². The molecule has 0 saturated heterocycles. The number of rotatable bonds is 1. The van der Waals surface area contributed by atoms with E-state index in [9.17, 15) is 4.79 Å². The van der Waals surface area contributed by atoms with Gasteiger partial charge in [-0.1, -0.05) is 11.6 Å². The van der Waals surface area contributed by atoms with E-state index in [0.29, 0.717) is 12.5 Å². The first kappa shape index (κ1) is 5.50. The summed E-state index contributed by atoms with van der Waals surface area (Å²) in [6, 6.07) is 0. The molecule has 0 bridgehead atoms. The van der Waals surface area contributed by atoms with Crippen molar-refractivity contribution in [2.75, 3.05) is 0 Å². The number of allylic oxidation sites excluding steroid dienone is 1. The Kier molecular flexibility index (Phi) is 2.50. The highest BCUT2D eigenvalue weighted by molar-refractivity contribution is 6.38. The fourth-order valence-corrected chi connectivity index (χ4v) is 0.0304. The molecule has 0 spiro atoms. The molecule has 0 heterocycles. The fourth-order valence-electron chi connectivity index (χ4n) is 0.0304. The van der Waals surface area contributed by atoms with Crippen molar-refractivity contribution in [1.29, 1.82) is 0 Å². The summed E-state index contributed by atoms with van der Waals surface area (Å²) in [6.45, 7) is 0. The molecular weight excluding hydrogens is 103 g/mol. The van der Waals surface area contributed by atoms with Crippen LogP contribution in [-0.2, 0) is 4.79 Å². The van der Waals surface area contributed by atoms with Gasteiger partial charge in [0.1, 0.15) is 11.3 Å². The highest BCUT2D eigenvalue weighted by Crippen LogP contribution is 1.90. The van der Waals surface area contributed by atoms with Crippen LogP contribution in [0.4, 0.5) is 0 Å². The molecule has 6 heavy (non-hydrogen) atoms. The van der Waals surface area contributed by atoms with Gasteiger partial charge >= 0.3 is 0 Å². The minimum absolute atomic E-state index is 0.185. The summed E-state index contributed by atoms with van der Waals surface area (Å²) in [5.74, 6) is 0. The SMILES string of the molecule is O=C/C(Cl)=C\O. The Balaban J connectivity index is 3.50. The predicted octanol–water partition coefficient (Wildman–Crippen LogP) is 0.823. The van der Waals surface area contributed by atoms with Crippen LogP contribution in [0, 0.1) is 0 Å². The van der Waals surface area contributed by atoms with E-state index in [4.69, 9.17) is 16.7 Å². The number of halogens is 1. The third kappa shape index (κ3) is 1.79. The van der Waals surface area contributed by atoms with Crippen LogP contribution >= 0.6 is 11.6 Å². The van der Waals surface area contributed by atoms with Crippen molar-refractivity contribution < 1.29 is 9.90 Å². The monoisotopic (exact) mass is 106 g/mol. The molecule has 2 nitrogen and oxygen atoms in total. The van der Waals surface area contributed by atoms with E-state index in [1.54, 1.807) is 0 Å². The van der Waals surface area contributed by atoms with Gasteiger partial charge < -0.3 is 5.11 Å². The normalized spacial score (nSPS) is 11.2. The van der Waals surface area contributed by atoms with Gasteiger partial charge in [0, 0.05) is 0 Å². The van der Waals surface area contributed by atoms with Crippen LogP contribution < -0.4 is 0 Å². The van der Waals surface area contributed by atoms with E-state index in [1.165, 1.54) is 0 Å². The predicted molar refractivity (Wildman–Crippen MR) is 22.6 cm³/mol. The van der Waals surface area contributed by atoms with Crippen LogP contribution in [0.2, 0.25) is 0 Å². The van der Waals surface area contributed by atoms with E-state index in [0.717, 1.165) is 0 Å². The molecule has 0 rings (SSSR count). The van der Waals surface area contributed by atoms with E-state index >= 15 is 0 Å². The third-order valence-corrected chi connectivity index (χ3v) is 0.423. The summed E-state index contributed by atoms with van der Waals surface area (Å²) in [4.78, 5) is 9.38. The highest BCUT2D eigenvalue weighted by Gasteiger charge is 1.78. The van der Waals surface area contributed by atoms with Crippen LogP contribution in [0.5, 0.6) is 0 Å². The van der Waals surface area contributed by atoms with E-state index in [-0.39, 0.29) is 5.03 Å². The first-order valence-electron chi connectivity index (χ1n) is 1.26. The molecular formula is C3H3ClO2. The van der Waals surface area contributed by atoms with Gasteiger partial charge in [-0.3, -0.25) is 4.79 Å². The number of aldehydes is 1. The summed E-state index contributed by atoms with van der Waals surface area (Å²) in [6.07, 6.45) is 0.885. The van der Waals surface area contributed by atoms with Crippen molar-refractivity contribution in [2.24, 2.45) is 0 Å². The molecule has 0 saturated carbocycles. The summed E-state index contributed by atoms with van der Waals surface area (Å²) < 4.78 is 0. The number of aliphatic hydroxyl groups excluding tert-OH is 1. The Morgan fingerprint density at radius 2 is 2.33 bits per heavy atom. The van der Waals surface area contributed by atoms with Crippen molar-refractivity contribution in [3.05, 3.63) is 11.3 Å². The Bertz CT molecular complexity index is 76.9. The maximum atomic E-state index is 9.38. The lowest BCUT2D eigenvalue weighted by molar-refractivity contribution is -0.104. The molecule has 0 aromatic carbocycles. The molecule has 0 aromatic rings. The molecule has 0 amide bonds. The molecule has 1 N–H and O–H groups in total. The number of aliphatic hydroxyl groups is 1. The van der Waals surface area contributed by atoms with E-state index in [2.05, 4.69) is 0 Å². The van der Waals surface area contributed by atoms with Gasteiger partial charge in [-0.2, -0.15) is 0 Å². The molecule has 0 aliphatic carbocycles. The molecule has 0 aliphatic rings. The minimum atomic E-state index is -0.185. The summed E-state index contributed by atoms with van der Waals surface area (Å²) in [7, 11) is 0. The number of hydrogen-bond donors (Lipinski definition) is 1. The maximum absolute atomic E-state index is 9.38. The zero-order valence-corrected chi connectivity index (χ0v) is 3.64. The number of carbonyl (C=O) groups is 1. The molecule has 0 radical (unpaired) electrons. The molecule has 34 valence electrons.